The van der Waals surface area contributed by atoms with E-state index in [1.165, 1.54) is 24.3 Å². The van der Waals surface area contributed by atoms with E-state index in [9.17, 15) is 18.4 Å². The molecule has 1 amide bonds. The molecule has 1 N–H and O–H groups in total. The summed E-state index contributed by atoms with van der Waals surface area (Å²) in [5.74, 6) is -3.51. The van der Waals surface area contributed by atoms with E-state index >= 15 is 0 Å². The number of carbonyl (C=O) groups is 2. The smallest absolute Gasteiger partial charge is 0.316 e. The maximum absolute atomic E-state index is 12.3. The summed E-state index contributed by atoms with van der Waals surface area (Å²) in [6.07, 6.45) is 0. The van der Waals surface area contributed by atoms with Crippen LogP contribution < -0.4 is 5.32 Å². The number of amides is 1. The average molecular weight is 379 g/mol. The molecule has 0 saturated heterocycles. The normalized spacial score (nSPS) is 11.3. The van der Waals surface area contributed by atoms with Gasteiger partial charge in [0.25, 0.3) is 11.7 Å². The van der Waals surface area contributed by atoms with Crippen LogP contribution >= 0.6 is 11.8 Å². The van der Waals surface area contributed by atoms with Gasteiger partial charge in [-0.25, -0.2) is 0 Å². The molecule has 26 heavy (non-hydrogen) atoms. The van der Waals surface area contributed by atoms with Gasteiger partial charge in [-0.2, -0.15) is 8.78 Å². The second kappa shape index (κ2) is 8.80. The van der Waals surface area contributed by atoms with Crippen molar-refractivity contribution in [2.75, 3.05) is 11.9 Å². The molecule has 0 aliphatic heterocycles. The number of carbonyl (C=O) groups excluding carboxylic acids is 2. The number of alkyl halides is 2. The Morgan fingerprint density at radius 2 is 1.69 bits per heavy atom. The van der Waals surface area contributed by atoms with Gasteiger partial charge in [0.15, 0.2) is 6.61 Å². The van der Waals surface area contributed by atoms with Gasteiger partial charge < -0.3 is 10.1 Å². The molecule has 0 fully saturated rings. The fourth-order valence-electron chi connectivity index (χ4n) is 2.20. The van der Waals surface area contributed by atoms with Crippen molar-refractivity contribution in [3.05, 3.63) is 60.2 Å². The highest BCUT2D eigenvalue weighted by molar-refractivity contribution is 7.99. The van der Waals surface area contributed by atoms with Crippen LogP contribution in [0, 0.1) is 0 Å². The Bertz CT molecular complexity index is 749. The van der Waals surface area contributed by atoms with Gasteiger partial charge in [0, 0.05) is 10.6 Å². The maximum Gasteiger partial charge on any atom is 0.316 e. The number of nitrogens with one attached hydrogen (secondary N) is 1. The Balaban J connectivity index is 1.87. The van der Waals surface area contributed by atoms with Crippen molar-refractivity contribution < 1.29 is 23.1 Å². The first-order chi connectivity index (χ1) is 12.3. The monoisotopic (exact) mass is 379 g/mol. The molecule has 0 aliphatic rings. The van der Waals surface area contributed by atoms with Crippen LogP contribution in [0.3, 0.4) is 0 Å². The first-order valence-electron chi connectivity index (χ1n) is 7.86. The van der Waals surface area contributed by atoms with Gasteiger partial charge in [0.2, 0.25) is 0 Å². The van der Waals surface area contributed by atoms with Crippen LogP contribution in [0.1, 0.15) is 19.4 Å². The summed E-state index contributed by atoms with van der Waals surface area (Å²) < 4.78 is 29.7. The number of hydrogen-bond acceptors (Lipinski definition) is 4. The van der Waals surface area contributed by atoms with Crippen LogP contribution in [0.15, 0.2) is 59.5 Å². The largest absolute Gasteiger partial charge is 0.455 e. The third kappa shape index (κ3) is 5.56. The molecule has 0 aliphatic carbocycles. The average Bonchev–Trinajstić information content (AvgIpc) is 2.61. The lowest BCUT2D eigenvalue weighted by Crippen LogP contribution is -2.33. The standard InChI is InChI=1S/C19H19F2NO3S/c1-19(2,13-6-4-3-5-7-13)17(24)25-12-16(23)22-14-8-10-15(11-9-14)26-18(20)21/h3-11,18H,12H2,1-2H3,(H,22,23). The Morgan fingerprint density at radius 1 is 1.08 bits per heavy atom. The molecule has 7 heteroatoms. The molecule has 4 nitrogen and oxygen atoms in total. The number of ether oxygens (including phenoxy) is 1. The maximum atomic E-state index is 12.3. The minimum Gasteiger partial charge on any atom is -0.455 e. The molecule has 2 aromatic carbocycles. The highest BCUT2D eigenvalue weighted by Gasteiger charge is 2.31. The van der Waals surface area contributed by atoms with Crippen LogP contribution in [-0.4, -0.2) is 24.2 Å². The number of halogens is 2. The number of anilines is 1. The van der Waals surface area contributed by atoms with Gasteiger partial charge in [-0.15, -0.1) is 0 Å². The van der Waals surface area contributed by atoms with Gasteiger partial charge in [-0.3, -0.25) is 9.59 Å². The fourth-order valence-corrected chi connectivity index (χ4v) is 2.70. The van der Waals surface area contributed by atoms with Crippen LogP contribution in [0.5, 0.6) is 0 Å². The molecule has 0 radical (unpaired) electrons. The third-order valence-corrected chi connectivity index (χ3v) is 4.43. The van der Waals surface area contributed by atoms with Crippen LogP contribution in [-0.2, 0) is 19.7 Å². The van der Waals surface area contributed by atoms with E-state index in [-0.39, 0.29) is 0 Å². The predicted octanol–water partition coefficient (Wildman–Crippen LogP) is 4.46. The van der Waals surface area contributed by atoms with E-state index in [0.717, 1.165) is 5.56 Å². The highest BCUT2D eigenvalue weighted by Crippen LogP contribution is 2.26. The summed E-state index contributed by atoms with van der Waals surface area (Å²) in [5, 5.41) is 2.56. The van der Waals surface area contributed by atoms with Gasteiger partial charge in [0.05, 0.1) is 5.41 Å². The van der Waals surface area contributed by atoms with E-state index in [1.54, 1.807) is 13.8 Å². The predicted molar refractivity (Wildman–Crippen MR) is 97.4 cm³/mol. The molecule has 0 saturated carbocycles. The van der Waals surface area contributed by atoms with Crippen molar-refractivity contribution in [1.82, 2.24) is 0 Å². The zero-order valence-corrected chi connectivity index (χ0v) is 15.2. The quantitative estimate of drug-likeness (QED) is 0.570. The van der Waals surface area contributed by atoms with Crippen LogP contribution in [0.25, 0.3) is 0 Å². The zero-order valence-electron chi connectivity index (χ0n) is 14.4. The summed E-state index contributed by atoms with van der Waals surface area (Å²) in [6, 6.07) is 15.1. The van der Waals surface area contributed by atoms with Gasteiger partial charge in [-0.05, 0) is 43.7 Å². The second-order valence-corrected chi connectivity index (χ2v) is 7.08. The summed E-state index contributed by atoms with van der Waals surface area (Å²) >= 11 is 0.425. The van der Waals surface area contributed by atoms with Crippen molar-refractivity contribution >= 4 is 29.3 Å². The molecule has 0 unspecified atom stereocenters. The number of hydrogen-bond donors (Lipinski definition) is 1. The minimum absolute atomic E-state index is 0.397. The zero-order chi connectivity index (χ0) is 19.2. The van der Waals surface area contributed by atoms with E-state index in [1.807, 2.05) is 30.3 Å². The lowest BCUT2D eigenvalue weighted by molar-refractivity contribution is -0.152. The summed E-state index contributed by atoms with van der Waals surface area (Å²) in [7, 11) is 0. The molecule has 0 bridgehead atoms. The van der Waals surface area contributed by atoms with Crippen molar-refractivity contribution in [2.24, 2.45) is 0 Å². The van der Waals surface area contributed by atoms with Crippen molar-refractivity contribution in [3.63, 3.8) is 0 Å². The number of benzene rings is 2. The van der Waals surface area contributed by atoms with E-state index in [2.05, 4.69) is 5.32 Å². The molecule has 138 valence electrons. The van der Waals surface area contributed by atoms with E-state index in [0.29, 0.717) is 22.3 Å². The van der Waals surface area contributed by atoms with Gasteiger partial charge in [0.1, 0.15) is 0 Å². The van der Waals surface area contributed by atoms with Crippen molar-refractivity contribution in [3.8, 4) is 0 Å². The molecule has 2 aromatic rings. The third-order valence-electron chi connectivity index (χ3n) is 3.70. The highest BCUT2D eigenvalue weighted by atomic mass is 32.2. The molecule has 0 spiro atoms. The Kier molecular flexibility index (Phi) is 6.74. The summed E-state index contributed by atoms with van der Waals surface area (Å²) in [4.78, 5) is 24.6. The molecule has 0 heterocycles. The van der Waals surface area contributed by atoms with Crippen molar-refractivity contribution in [1.29, 1.82) is 0 Å². The molecule has 0 aromatic heterocycles. The van der Waals surface area contributed by atoms with Gasteiger partial charge >= 0.3 is 5.97 Å². The number of thioether (sulfide) groups is 1. The Labute approximate surface area is 154 Å². The van der Waals surface area contributed by atoms with E-state index < -0.39 is 29.7 Å². The molecule has 0 atom stereocenters. The lowest BCUT2D eigenvalue weighted by atomic mass is 9.85. The minimum atomic E-state index is -2.50. The first kappa shape index (κ1) is 19.9. The summed E-state index contributed by atoms with van der Waals surface area (Å²) in [6.45, 7) is 3.02. The van der Waals surface area contributed by atoms with Crippen LogP contribution in [0.2, 0.25) is 0 Å². The number of rotatable bonds is 7. The summed E-state index contributed by atoms with van der Waals surface area (Å²) in [5.41, 5.74) is 0.347. The molecular formula is C19H19F2NO3S. The lowest BCUT2D eigenvalue weighted by Gasteiger charge is -2.22. The molecular weight excluding hydrogens is 360 g/mol. The Morgan fingerprint density at radius 3 is 2.27 bits per heavy atom. The van der Waals surface area contributed by atoms with Crippen molar-refractivity contribution in [2.45, 2.75) is 29.9 Å². The van der Waals surface area contributed by atoms with Gasteiger partial charge in [-0.1, -0.05) is 42.1 Å². The Hall–Kier alpha value is -2.41. The fraction of sp³-hybridized carbons (Fsp3) is 0.263. The van der Waals surface area contributed by atoms with E-state index in [4.69, 9.17) is 4.74 Å². The first-order valence-corrected chi connectivity index (χ1v) is 8.74. The topological polar surface area (TPSA) is 55.4 Å². The second-order valence-electron chi connectivity index (χ2n) is 6.02. The SMILES string of the molecule is CC(C)(C(=O)OCC(=O)Nc1ccc(SC(F)F)cc1)c1ccccc1. The van der Waals surface area contributed by atoms with Crippen LogP contribution in [0.4, 0.5) is 14.5 Å². The number of esters is 1. The molecule has 2 rings (SSSR count).